The molecule has 4 atom stereocenters. The molecule has 0 amide bonds. The zero-order chi connectivity index (χ0) is 15.3. The fraction of sp³-hybridized carbons (Fsp3) is 0.647. The minimum atomic E-state index is -0.280. The second-order valence-corrected chi connectivity index (χ2v) is 7.73. The Morgan fingerprint density at radius 3 is 2.67 bits per heavy atom. The van der Waals surface area contributed by atoms with Gasteiger partial charge in [-0.1, -0.05) is 43.6 Å². The molecule has 2 nitrogen and oxygen atoms in total. The predicted octanol–water partition coefficient (Wildman–Crippen LogP) is 4.81. The van der Waals surface area contributed by atoms with Gasteiger partial charge in [-0.3, -0.25) is 0 Å². The Bertz CT molecular complexity index is 533. The van der Waals surface area contributed by atoms with E-state index in [1.165, 1.54) is 0 Å². The van der Waals surface area contributed by atoms with E-state index in [-0.39, 0.29) is 22.7 Å². The van der Waals surface area contributed by atoms with Crippen LogP contribution in [-0.4, -0.2) is 22.7 Å². The lowest BCUT2D eigenvalue weighted by molar-refractivity contribution is -0.0957. The summed E-state index contributed by atoms with van der Waals surface area (Å²) in [6.07, 6.45) is 1.78. The maximum Gasteiger partial charge on any atom is 0.0939 e. The van der Waals surface area contributed by atoms with E-state index in [0.29, 0.717) is 12.5 Å². The Balaban J connectivity index is 1.73. The fourth-order valence-electron chi connectivity index (χ4n) is 3.70. The highest BCUT2D eigenvalue weighted by Gasteiger charge is 2.65. The zero-order valence-electron chi connectivity index (χ0n) is 12.7. The van der Waals surface area contributed by atoms with E-state index in [2.05, 4.69) is 20.8 Å². The molecule has 0 saturated carbocycles. The van der Waals surface area contributed by atoms with Crippen LogP contribution in [0.1, 0.15) is 39.2 Å². The van der Waals surface area contributed by atoms with Crippen LogP contribution < -0.4 is 0 Å². The van der Waals surface area contributed by atoms with Crippen molar-refractivity contribution < 1.29 is 9.47 Å². The van der Waals surface area contributed by atoms with Gasteiger partial charge in [0, 0.05) is 11.4 Å². The molecule has 2 heterocycles. The average molecular weight is 329 g/mol. The SMILES string of the molecule is CC(C)[C@]12C[C@@H](OCc3ccccc3Cl)[C@](C)(C[C@@H]1Cl)O2. The first-order chi connectivity index (χ1) is 9.87. The van der Waals surface area contributed by atoms with Crippen molar-refractivity contribution in [1.82, 2.24) is 0 Å². The molecule has 0 aliphatic carbocycles. The molecule has 2 saturated heterocycles. The Hall–Kier alpha value is -0.280. The summed E-state index contributed by atoms with van der Waals surface area (Å²) >= 11 is 12.7. The van der Waals surface area contributed by atoms with Gasteiger partial charge in [0.2, 0.25) is 0 Å². The van der Waals surface area contributed by atoms with Crippen LogP contribution in [0, 0.1) is 5.92 Å². The minimum absolute atomic E-state index is 0.0719. The summed E-state index contributed by atoms with van der Waals surface area (Å²) in [5.74, 6) is 0.385. The molecule has 0 aromatic heterocycles. The van der Waals surface area contributed by atoms with E-state index in [0.717, 1.165) is 23.4 Å². The molecular weight excluding hydrogens is 307 g/mol. The van der Waals surface area contributed by atoms with Gasteiger partial charge in [-0.05, 0) is 30.9 Å². The summed E-state index contributed by atoms with van der Waals surface area (Å²) in [6, 6.07) is 7.80. The Morgan fingerprint density at radius 2 is 2.05 bits per heavy atom. The number of hydrogen-bond donors (Lipinski definition) is 0. The Labute approximate surface area is 136 Å². The highest BCUT2D eigenvalue weighted by Crippen LogP contribution is 2.57. The molecule has 1 aromatic rings. The van der Waals surface area contributed by atoms with Crippen molar-refractivity contribution >= 4 is 23.2 Å². The highest BCUT2D eigenvalue weighted by molar-refractivity contribution is 6.31. The zero-order valence-corrected chi connectivity index (χ0v) is 14.2. The van der Waals surface area contributed by atoms with Crippen LogP contribution in [-0.2, 0) is 16.1 Å². The predicted molar refractivity (Wildman–Crippen MR) is 86.0 cm³/mol. The van der Waals surface area contributed by atoms with Gasteiger partial charge in [-0.15, -0.1) is 11.6 Å². The summed E-state index contributed by atoms with van der Waals surface area (Å²) < 4.78 is 12.5. The van der Waals surface area contributed by atoms with Crippen molar-refractivity contribution in [2.45, 2.75) is 62.9 Å². The van der Waals surface area contributed by atoms with Crippen molar-refractivity contribution in [3.8, 4) is 0 Å². The minimum Gasteiger partial charge on any atom is -0.370 e. The second kappa shape index (κ2) is 5.42. The van der Waals surface area contributed by atoms with Crippen LogP contribution in [0.5, 0.6) is 0 Å². The van der Waals surface area contributed by atoms with E-state index in [1.807, 2.05) is 24.3 Å². The van der Waals surface area contributed by atoms with Crippen LogP contribution in [0.4, 0.5) is 0 Å². The molecule has 2 aliphatic rings. The van der Waals surface area contributed by atoms with Crippen LogP contribution in [0.25, 0.3) is 0 Å². The summed E-state index contributed by atoms with van der Waals surface area (Å²) in [5.41, 5.74) is 0.492. The third kappa shape index (κ3) is 2.50. The molecule has 2 aliphatic heterocycles. The van der Waals surface area contributed by atoms with Gasteiger partial charge in [0.1, 0.15) is 0 Å². The molecule has 0 radical (unpaired) electrons. The fourth-order valence-corrected chi connectivity index (χ4v) is 4.58. The number of fused-ring (bicyclic) bond motifs is 2. The number of alkyl halides is 1. The van der Waals surface area contributed by atoms with Crippen LogP contribution in [0.2, 0.25) is 5.02 Å². The number of benzene rings is 1. The van der Waals surface area contributed by atoms with Gasteiger partial charge in [0.15, 0.2) is 0 Å². The largest absolute Gasteiger partial charge is 0.370 e. The standard InChI is InChI=1S/C17H22Cl2O2/c1-11(2)17-9-15(16(3,21-17)8-14(17)19)20-10-12-6-4-5-7-13(12)18/h4-7,11,14-15H,8-10H2,1-3H3/t14-,15+,16-,17+/m0/s1. The van der Waals surface area contributed by atoms with Crippen LogP contribution in [0.15, 0.2) is 24.3 Å². The molecule has 1 aromatic carbocycles. The summed E-state index contributed by atoms with van der Waals surface area (Å²) in [6.45, 7) is 7.00. The molecule has 3 rings (SSSR count). The maximum absolute atomic E-state index is 6.56. The second-order valence-electron chi connectivity index (χ2n) is 6.79. The topological polar surface area (TPSA) is 18.5 Å². The highest BCUT2D eigenvalue weighted by atomic mass is 35.5. The lowest BCUT2D eigenvalue weighted by Crippen LogP contribution is -2.45. The summed E-state index contributed by atoms with van der Waals surface area (Å²) in [4.78, 5) is 0. The quantitative estimate of drug-likeness (QED) is 0.738. The van der Waals surface area contributed by atoms with Crippen LogP contribution in [0.3, 0.4) is 0 Å². The third-order valence-electron chi connectivity index (χ3n) is 5.10. The number of rotatable bonds is 4. The van der Waals surface area contributed by atoms with E-state index in [1.54, 1.807) is 0 Å². The third-order valence-corrected chi connectivity index (χ3v) is 5.99. The molecule has 21 heavy (non-hydrogen) atoms. The van der Waals surface area contributed by atoms with Gasteiger partial charge < -0.3 is 9.47 Å². The monoisotopic (exact) mass is 328 g/mol. The van der Waals surface area contributed by atoms with Gasteiger partial charge in [0.25, 0.3) is 0 Å². The molecule has 0 unspecified atom stereocenters. The first-order valence-corrected chi connectivity index (χ1v) is 8.38. The maximum atomic E-state index is 6.56. The molecule has 2 bridgehead atoms. The molecule has 0 N–H and O–H groups in total. The van der Waals surface area contributed by atoms with Gasteiger partial charge in [-0.25, -0.2) is 0 Å². The van der Waals surface area contributed by atoms with Crippen molar-refractivity contribution in [3.05, 3.63) is 34.9 Å². The summed E-state index contributed by atoms with van der Waals surface area (Å²) in [7, 11) is 0. The van der Waals surface area contributed by atoms with Gasteiger partial charge in [0.05, 0.1) is 29.3 Å². The summed E-state index contributed by atoms with van der Waals surface area (Å²) in [5, 5.41) is 0.822. The number of hydrogen-bond acceptors (Lipinski definition) is 2. The lowest BCUT2D eigenvalue weighted by Gasteiger charge is -2.35. The normalized spacial score (nSPS) is 38.4. The van der Waals surface area contributed by atoms with E-state index in [9.17, 15) is 0 Å². The van der Waals surface area contributed by atoms with Crippen molar-refractivity contribution in [2.75, 3.05) is 0 Å². The van der Waals surface area contributed by atoms with Crippen molar-refractivity contribution in [1.29, 1.82) is 0 Å². The Morgan fingerprint density at radius 1 is 1.33 bits per heavy atom. The first kappa shape index (κ1) is 15.6. The van der Waals surface area contributed by atoms with Gasteiger partial charge >= 0.3 is 0 Å². The van der Waals surface area contributed by atoms with E-state index < -0.39 is 0 Å². The molecule has 4 heteroatoms. The molecule has 2 fully saturated rings. The molecular formula is C17H22Cl2O2. The number of ether oxygens (including phenoxy) is 2. The number of halogens is 2. The van der Waals surface area contributed by atoms with Crippen LogP contribution >= 0.6 is 23.2 Å². The van der Waals surface area contributed by atoms with E-state index in [4.69, 9.17) is 32.7 Å². The van der Waals surface area contributed by atoms with Crippen molar-refractivity contribution in [2.24, 2.45) is 5.92 Å². The van der Waals surface area contributed by atoms with E-state index >= 15 is 0 Å². The Kier molecular flexibility index (Phi) is 4.03. The van der Waals surface area contributed by atoms with Gasteiger partial charge in [-0.2, -0.15) is 0 Å². The molecule has 0 spiro atoms. The lowest BCUT2D eigenvalue weighted by atomic mass is 9.75. The molecule has 116 valence electrons. The first-order valence-electron chi connectivity index (χ1n) is 7.57. The smallest absolute Gasteiger partial charge is 0.0939 e. The van der Waals surface area contributed by atoms with Crippen molar-refractivity contribution in [3.63, 3.8) is 0 Å². The average Bonchev–Trinajstić information content (AvgIpc) is 2.86.